The highest BCUT2D eigenvalue weighted by Gasteiger charge is 2.15. The van der Waals surface area contributed by atoms with Crippen LogP contribution in [0, 0.1) is 0 Å². The van der Waals surface area contributed by atoms with Crippen LogP contribution >= 0.6 is 0 Å². The second-order valence-electron chi connectivity index (χ2n) is 3.03. The fourth-order valence-corrected chi connectivity index (χ4v) is 0.936. The molecule has 0 aromatic rings. The van der Waals surface area contributed by atoms with Crippen LogP contribution in [0.5, 0.6) is 0 Å². The summed E-state index contributed by atoms with van der Waals surface area (Å²) in [5.41, 5.74) is 22.4. The van der Waals surface area contributed by atoms with Crippen molar-refractivity contribution >= 4 is 0 Å². The summed E-state index contributed by atoms with van der Waals surface area (Å²) in [5.74, 6) is 0. The van der Waals surface area contributed by atoms with Crippen molar-refractivity contribution in [2.24, 2.45) is 22.9 Å². The maximum absolute atomic E-state index is 5.74. The molecule has 0 saturated heterocycles. The fourth-order valence-electron chi connectivity index (χ4n) is 0.936. The Labute approximate surface area is 68.3 Å². The average molecular weight is 160 g/mol. The van der Waals surface area contributed by atoms with Crippen molar-refractivity contribution in [2.45, 2.75) is 37.9 Å². The molecule has 4 heteroatoms. The van der Waals surface area contributed by atoms with Gasteiger partial charge in [0.25, 0.3) is 0 Å². The van der Waals surface area contributed by atoms with E-state index in [1.165, 1.54) is 0 Å². The number of hydrogen-bond acceptors (Lipinski definition) is 4. The molecule has 0 aromatic heterocycles. The molecule has 0 aliphatic heterocycles. The third-order valence-electron chi connectivity index (χ3n) is 1.84. The van der Waals surface area contributed by atoms with Crippen molar-refractivity contribution in [2.75, 3.05) is 6.54 Å². The fraction of sp³-hybridized carbons (Fsp3) is 1.00. The Hall–Kier alpha value is -0.160. The summed E-state index contributed by atoms with van der Waals surface area (Å²) in [6.07, 6.45) is 1.78. The Kier molecular flexibility index (Phi) is 5.41. The predicted octanol–water partition coefficient (Wildman–Crippen LogP) is -1.27. The average Bonchev–Trinajstić information content (AvgIpc) is 1.98. The van der Waals surface area contributed by atoms with Crippen LogP contribution in [0.2, 0.25) is 0 Å². The summed E-state index contributed by atoms with van der Waals surface area (Å²) in [6, 6.07) is -0.164. The molecule has 0 amide bonds. The Morgan fingerprint density at radius 1 is 1.18 bits per heavy atom. The van der Waals surface area contributed by atoms with Gasteiger partial charge in [-0.15, -0.1) is 0 Å². The molecule has 0 aromatic carbocycles. The molecular formula is C7H20N4. The molecule has 0 aliphatic rings. The molecule has 3 unspecified atom stereocenters. The van der Waals surface area contributed by atoms with E-state index < -0.39 is 0 Å². The van der Waals surface area contributed by atoms with Gasteiger partial charge in [0.05, 0.1) is 0 Å². The molecular weight excluding hydrogens is 140 g/mol. The molecule has 0 saturated carbocycles. The smallest absolute Gasteiger partial charge is 0.0343 e. The van der Waals surface area contributed by atoms with Gasteiger partial charge < -0.3 is 22.9 Å². The van der Waals surface area contributed by atoms with E-state index in [2.05, 4.69) is 0 Å². The van der Waals surface area contributed by atoms with Crippen molar-refractivity contribution in [3.63, 3.8) is 0 Å². The first-order valence-corrected chi connectivity index (χ1v) is 4.06. The summed E-state index contributed by atoms with van der Waals surface area (Å²) in [4.78, 5) is 0. The zero-order valence-electron chi connectivity index (χ0n) is 7.16. The second-order valence-corrected chi connectivity index (χ2v) is 3.03. The molecule has 0 rings (SSSR count). The molecule has 0 bridgehead atoms. The van der Waals surface area contributed by atoms with E-state index in [-0.39, 0.29) is 18.1 Å². The van der Waals surface area contributed by atoms with E-state index in [0.29, 0.717) is 6.54 Å². The second kappa shape index (κ2) is 5.49. The first-order chi connectivity index (χ1) is 5.09. The van der Waals surface area contributed by atoms with E-state index in [0.717, 1.165) is 12.8 Å². The van der Waals surface area contributed by atoms with Gasteiger partial charge in [-0.3, -0.25) is 0 Å². The highest BCUT2D eigenvalue weighted by Crippen LogP contribution is 1.99. The molecule has 0 spiro atoms. The lowest BCUT2D eigenvalue weighted by molar-refractivity contribution is 0.434. The molecule has 4 nitrogen and oxygen atoms in total. The van der Waals surface area contributed by atoms with Crippen molar-refractivity contribution < 1.29 is 0 Å². The van der Waals surface area contributed by atoms with Crippen molar-refractivity contribution in [1.29, 1.82) is 0 Å². The zero-order chi connectivity index (χ0) is 8.85. The number of nitrogens with two attached hydrogens (primary N) is 4. The lowest BCUT2D eigenvalue weighted by atomic mass is 9.99. The van der Waals surface area contributed by atoms with Gasteiger partial charge in [0.15, 0.2) is 0 Å². The number of rotatable bonds is 5. The molecule has 0 radical (unpaired) electrons. The van der Waals surface area contributed by atoms with Crippen LogP contribution < -0.4 is 22.9 Å². The molecule has 11 heavy (non-hydrogen) atoms. The van der Waals surface area contributed by atoms with E-state index in [1.807, 2.05) is 6.92 Å². The van der Waals surface area contributed by atoms with Gasteiger partial charge in [-0.2, -0.15) is 0 Å². The molecule has 3 atom stereocenters. The van der Waals surface area contributed by atoms with E-state index >= 15 is 0 Å². The van der Waals surface area contributed by atoms with Gasteiger partial charge in [0.2, 0.25) is 0 Å². The zero-order valence-corrected chi connectivity index (χ0v) is 7.16. The highest BCUT2D eigenvalue weighted by atomic mass is 14.8. The maximum Gasteiger partial charge on any atom is 0.0343 e. The summed E-state index contributed by atoms with van der Waals surface area (Å²) in [5, 5.41) is 0. The van der Waals surface area contributed by atoms with E-state index in [4.69, 9.17) is 22.9 Å². The van der Waals surface area contributed by atoms with Gasteiger partial charge in [0.1, 0.15) is 0 Å². The van der Waals surface area contributed by atoms with Crippen molar-refractivity contribution in [1.82, 2.24) is 0 Å². The van der Waals surface area contributed by atoms with Crippen LogP contribution in [0.4, 0.5) is 0 Å². The van der Waals surface area contributed by atoms with Crippen LogP contribution in [-0.2, 0) is 0 Å². The van der Waals surface area contributed by atoms with Gasteiger partial charge in [-0.05, 0) is 26.3 Å². The summed E-state index contributed by atoms with van der Waals surface area (Å²) >= 11 is 0. The molecule has 0 aliphatic carbocycles. The van der Waals surface area contributed by atoms with Crippen LogP contribution in [0.3, 0.4) is 0 Å². The topological polar surface area (TPSA) is 104 Å². The quantitative estimate of drug-likeness (QED) is 0.402. The Bertz CT molecular complexity index is 94.4. The maximum atomic E-state index is 5.74. The molecule has 0 fully saturated rings. The molecule has 0 heterocycles. The van der Waals surface area contributed by atoms with Gasteiger partial charge >= 0.3 is 0 Å². The van der Waals surface area contributed by atoms with Crippen LogP contribution in [0.15, 0.2) is 0 Å². The first kappa shape index (κ1) is 10.8. The van der Waals surface area contributed by atoms with Crippen LogP contribution in [0.25, 0.3) is 0 Å². The first-order valence-electron chi connectivity index (χ1n) is 4.06. The predicted molar refractivity (Wildman–Crippen MR) is 47.9 cm³/mol. The van der Waals surface area contributed by atoms with Gasteiger partial charge in [0, 0.05) is 18.1 Å². The van der Waals surface area contributed by atoms with Crippen molar-refractivity contribution in [3.8, 4) is 0 Å². The van der Waals surface area contributed by atoms with Crippen LogP contribution in [0.1, 0.15) is 19.8 Å². The Morgan fingerprint density at radius 2 is 1.73 bits per heavy atom. The van der Waals surface area contributed by atoms with E-state index in [9.17, 15) is 0 Å². The third-order valence-corrected chi connectivity index (χ3v) is 1.84. The lowest BCUT2D eigenvalue weighted by Gasteiger charge is -2.22. The monoisotopic (exact) mass is 160 g/mol. The summed E-state index contributed by atoms with van der Waals surface area (Å²) < 4.78 is 0. The molecule has 8 N–H and O–H groups in total. The Morgan fingerprint density at radius 3 is 2.09 bits per heavy atom. The normalized spacial score (nSPS) is 19.4. The summed E-state index contributed by atoms with van der Waals surface area (Å²) in [6.45, 7) is 2.53. The minimum Gasteiger partial charge on any atom is -0.330 e. The van der Waals surface area contributed by atoms with Crippen LogP contribution in [-0.4, -0.2) is 24.7 Å². The lowest BCUT2D eigenvalue weighted by Crippen LogP contribution is -2.51. The largest absolute Gasteiger partial charge is 0.330 e. The third kappa shape index (κ3) is 4.31. The standard InChI is InChI=1S/C7H20N4/c1-5(9)7(11)6(10)3-2-4-8/h5-7H,2-4,8-11H2,1H3. The SMILES string of the molecule is CC(N)C(N)C(N)CCCN. The number of hydrogen-bond donors (Lipinski definition) is 4. The van der Waals surface area contributed by atoms with Crippen molar-refractivity contribution in [3.05, 3.63) is 0 Å². The minimum atomic E-state index is -0.110. The summed E-state index contributed by atoms with van der Waals surface area (Å²) in [7, 11) is 0. The minimum absolute atomic E-state index is 0.0152. The highest BCUT2D eigenvalue weighted by molar-refractivity contribution is 4.82. The Balaban J connectivity index is 3.55. The van der Waals surface area contributed by atoms with E-state index in [1.54, 1.807) is 0 Å². The molecule has 68 valence electrons. The van der Waals surface area contributed by atoms with Gasteiger partial charge in [-0.25, -0.2) is 0 Å². The van der Waals surface area contributed by atoms with Gasteiger partial charge in [-0.1, -0.05) is 0 Å².